The molecule has 1 heterocycles. The first kappa shape index (κ1) is 13.5. The normalized spacial score (nSPS) is 12.3. The average Bonchev–Trinajstić information content (AvgIpc) is 2.90. The summed E-state index contributed by atoms with van der Waals surface area (Å²) >= 11 is 0. The van der Waals surface area contributed by atoms with Gasteiger partial charge in [-0.1, -0.05) is 24.3 Å². The molecule has 1 aromatic heterocycles. The number of anilines is 1. The van der Waals surface area contributed by atoms with Crippen LogP contribution in [0.5, 0.6) is 5.75 Å². The van der Waals surface area contributed by atoms with Crippen LogP contribution in [0.3, 0.4) is 0 Å². The van der Waals surface area contributed by atoms with Crippen molar-refractivity contribution in [3.8, 4) is 5.75 Å². The molecule has 108 valence electrons. The van der Waals surface area contributed by atoms with Crippen LogP contribution < -0.4 is 10.1 Å². The molecule has 0 bridgehead atoms. The van der Waals surface area contributed by atoms with Gasteiger partial charge >= 0.3 is 0 Å². The van der Waals surface area contributed by atoms with Gasteiger partial charge < -0.3 is 14.5 Å². The van der Waals surface area contributed by atoms with Gasteiger partial charge in [-0.2, -0.15) is 4.98 Å². The van der Waals surface area contributed by atoms with Crippen LogP contribution >= 0.6 is 0 Å². The van der Waals surface area contributed by atoms with Gasteiger partial charge in [0.15, 0.2) is 5.58 Å². The topological polar surface area (TPSA) is 47.3 Å². The van der Waals surface area contributed by atoms with E-state index in [1.807, 2.05) is 55.5 Å². The lowest BCUT2D eigenvalue weighted by atomic mass is 10.1. The number of nitrogens with one attached hydrogen (secondary N) is 1. The monoisotopic (exact) mass is 282 g/mol. The predicted molar refractivity (Wildman–Crippen MR) is 83.7 cm³/mol. The summed E-state index contributed by atoms with van der Waals surface area (Å²) in [6.45, 7) is 4.73. The molecule has 0 aliphatic rings. The Kier molecular flexibility index (Phi) is 3.77. The van der Waals surface area contributed by atoms with Crippen molar-refractivity contribution in [2.24, 2.45) is 0 Å². The lowest BCUT2D eigenvalue weighted by molar-refractivity contribution is 0.340. The van der Waals surface area contributed by atoms with Crippen LogP contribution in [0, 0.1) is 0 Å². The molecule has 0 spiro atoms. The second-order valence-corrected chi connectivity index (χ2v) is 4.85. The summed E-state index contributed by atoms with van der Waals surface area (Å²) in [6, 6.07) is 16.4. The Bertz CT molecular complexity index is 686. The largest absolute Gasteiger partial charge is 0.494 e. The summed E-state index contributed by atoms with van der Waals surface area (Å²) in [5.74, 6) is 0.885. The van der Waals surface area contributed by atoms with Crippen LogP contribution in [-0.2, 0) is 0 Å². The fourth-order valence-corrected chi connectivity index (χ4v) is 2.22. The van der Waals surface area contributed by atoms with Crippen LogP contribution in [0.4, 0.5) is 6.01 Å². The second-order valence-electron chi connectivity index (χ2n) is 4.85. The van der Waals surface area contributed by atoms with E-state index >= 15 is 0 Å². The maximum absolute atomic E-state index is 5.68. The molecule has 0 aliphatic heterocycles. The van der Waals surface area contributed by atoms with Crippen molar-refractivity contribution in [1.29, 1.82) is 0 Å². The van der Waals surface area contributed by atoms with Crippen molar-refractivity contribution < 1.29 is 9.15 Å². The molecule has 0 unspecified atom stereocenters. The first-order valence-electron chi connectivity index (χ1n) is 7.11. The fourth-order valence-electron chi connectivity index (χ4n) is 2.22. The van der Waals surface area contributed by atoms with Crippen LogP contribution in [0.15, 0.2) is 52.9 Å². The van der Waals surface area contributed by atoms with Crippen molar-refractivity contribution in [3.63, 3.8) is 0 Å². The van der Waals surface area contributed by atoms with Gasteiger partial charge in [0.25, 0.3) is 6.01 Å². The van der Waals surface area contributed by atoms with Gasteiger partial charge in [0.05, 0.1) is 12.6 Å². The van der Waals surface area contributed by atoms with Gasteiger partial charge in [-0.15, -0.1) is 0 Å². The minimum absolute atomic E-state index is 0.105. The Morgan fingerprint density at radius 1 is 1.14 bits per heavy atom. The molecule has 0 fully saturated rings. The van der Waals surface area contributed by atoms with E-state index in [9.17, 15) is 0 Å². The quantitative estimate of drug-likeness (QED) is 0.753. The standard InChI is InChI=1S/C17H18N2O2/c1-3-20-14-10-8-13(9-11-14)12(2)18-17-19-15-6-4-5-7-16(15)21-17/h4-12H,3H2,1-2H3,(H,18,19)/t12-/m1/s1. The zero-order valence-corrected chi connectivity index (χ0v) is 12.2. The third kappa shape index (κ3) is 2.99. The molecular weight excluding hydrogens is 264 g/mol. The first-order valence-corrected chi connectivity index (χ1v) is 7.11. The zero-order valence-electron chi connectivity index (χ0n) is 12.2. The number of nitrogens with zero attached hydrogens (tertiary/aromatic N) is 1. The highest BCUT2D eigenvalue weighted by Crippen LogP contribution is 2.24. The predicted octanol–water partition coefficient (Wildman–Crippen LogP) is 4.40. The summed E-state index contributed by atoms with van der Waals surface area (Å²) in [4.78, 5) is 4.42. The number of fused-ring (bicyclic) bond motifs is 1. The molecule has 4 heteroatoms. The van der Waals surface area contributed by atoms with E-state index in [1.54, 1.807) is 0 Å². The fraction of sp³-hybridized carbons (Fsp3) is 0.235. The molecule has 0 amide bonds. The van der Waals surface area contributed by atoms with Crippen molar-refractivity contribution in [2.45, 2.75) is 19.9 Å². The summed E-state index contributed by atoms with van der Waals surface area (Å²) in [5, 5.41) is 3.28. The average molecular weight is 282 g/mol. The molecule has 3 rings (SSSR count). The van der Waals surface area contributed by atoms with E-state index in [0.29, 0.717) is 12.6 Å². The van der Waals surface area contributed by atoms with E-state index in [-0.39, 0.29) is 6.04 Å². The Hall–Kier alpha value is -2.49. The molecule has 0 saturated heterocycles. The zero-order chi connectivity index (χ0) is 14.7. The van der Waals surface area contributed by atoms with Gasteiger partial charge in [-0.3, -0.25) is 0 Å². The number of hydrogen-bond acceptors (Lipinski definition) is 4. The van der Waals surface area contributed by atoms with Crippen LogP contribution in [0.25, 0.3) is 11.1 Å². The molecule has 0 saturated carbocycles. The molecule has 4 nitrogen and oxygen atoms in total. The van der Waals surface area contributed by atoms with E-state index in [2.05, 4.69) is 17.2 Å². The number of rotatable bonds is 5. The minimum atomic E-state index is 0.105. The maximum Gasteiger partial charge on any atom is 0.296 e. The summed E-state index contributed by atoms with van der Waals surface area (Å²) in [7, 11) is 0. The highest BCUT2D eigenvalue weighted by Gasteiger charge is 2.10. The van der Waals surface area contributed by atoms with Crippen molar-refractivity contribution in [3.05, 3.63) is 54.1 Å². The number of oxazole rings is 1. The van der Waals surface area contributed by atoms with Crippen molar-refractivity contribution >= 4 is 17.1 Å². The Balaban J connectivity index is 1.74. The second kappa shape index (κ2) is 5.87. The minimum Gasteiger partial charge on any atom is -0.494 e. The lowest BCUT2D eigenvalue weighted by Gasteiger charge is -2.13. The molecule has 21 heavy (non-hydrogen) atoms. The van der Waals surface area contributed by atoms with E-state index < -0.39 is 0 Å². The van der Waals surface area contributed by atoms with Gasteiger partial charge in [-0.25, -0.2) is 0 Å². The summed E-state index contributed by atoms with van der Waals surface area (Å²) in [6.07, 6.45) is 0. The lowest BCUT2D eigenvalue weighted by Crippen LogP contribution is -2.06. The Morgan fingerprint density at radius 3 is 2.62 bits per heavy atom. The van der Waals surface area contributed by atoms with Gasteiger partial charge in [0.2, 0.25) is 0 Å². The Morgan fingerprint density at radius 2 is 1.90 bits per heavy atom. The molecular formula is C17H18N2O2. The number of para-hydroxylation sites is 2. The third-order valence-electron chi connectivity index (χ3n) is 3.32. The third-order valence-corrected chi connectivity index (χ3v) is 3.32. The van der Waals surface area contributed by atoms with Crippen LogP contribution in [-0.4, -0.2) is 11.6 Å². The van der Waals surface area contributed by atoms with Crippen LogP contribution in [0.1, 0.15) is 25.5 Å². The molecule has 1 atom stereocenters. The molecule has 0 radical (unpaired) electrons. The van der Waals surface area contributed by atoms with Gasteiger partial charge in [0, 0.05) is 0 Å². The van der Waals surface area contributed by atoms with Crippen molar-refractivity contribution in [1.82, 2.24) is 4.98 Å². The highest BCUT2D eigenvalue weighted by atomic mass is 16.5. The molecule has 1 N–H and O–H groups in total. The van der Waals surface area contributed by atoms with Gasteiger partial charge in [-0.05, 0) is 43.7 Å². The highest BCUT2D eigenvalue weighted by molar-refractivity contribution is 5.74. The van der Waals surface area contributed by atoms with Crippen molar-refractivity contribution in [2.75, 3.05) is 11.9 Å². The number of aromatic nitrogens is 1. The van der Waals surface area contributed by atoms with E-state index in [1.165, 1.54) is 0 Å². The number of ether oxygens (including phenoxy) is 1. The smallest absolute Gasteiger partial charge is 0.296 e. The molecule has 3 aromatic rings. The SMILES string of the molecule is CCOc1ccc([C@@H](C)Nc2nc3ccccc3o2)cc1. The molecule has 0 aliphatic carbocycles. The summed E-state index contributed by atoms with van der Waals surface area (Å²) < 4.78 is 11.1. The Labute approximate surface area is 123 Å². The van der Waals surface area contributed by atoms with E-state index in [0.717, 1.165) is 22.4 Å². The maximum atomic E-state index is 5.68. The number of benzene rings is 2. The summed E-state index contributed by atoms with van der Waals surface area (Å²) in [5.41, 5.74) is 2.80. The van der Waals surface area contributed by atoms with E-state index in [4.69, 9.17) is 9.15 Å². The first-order chi connectivity index (χ1) is 10.3. The van der Waals surface area contributed by atoms with Crippen LogP contribution in [0.2, 0.25) is 0 Å². The number of hydrogen-bond donors (Lipinski definition) is 1. The molecule has 2 aromatic carbocycles. The van der Waals surface area contributed by atoms with Gasteiger partial charge in [0.1, 0.15) is 11.3 Å².